The Morgan fingerprint density at radius 2 is 2.04 bits per heavy atom. The predicted octanol–water partition coefficient (Wildman–Crippen LogP) is 2.31. The Labute approximate surface area is 157 Å². The van der Waals surface area contributed by atoms with Gasteiger partial charge in [0.15, 0.2) is 17.2 Å². The summed E-state index contributed by atoms with van der Waals surface area (Å²) in [6.45, 7) is 2.73. The molecule has 1 saturated heterocycles. The van der Waals surface area contributed by atoms with Crippen molar-refractivity contribution >= 4 is 5.91 Å². The minimum atomic E-state index is -1.56. The summed E-state index contributed by atoms with van der Waals surface area (Å²) in [5.74, 6) is -2.37. The summed E-state index contributed by atoms with van der Waals surface area (Å²) in [7, 11) is 0. The number of hydrogen-bond donors (Lipinski definition) is 2. The van der Waals surface area contributed by atoms with Crippen LogP contribution in [0.2, 0.25) is 0 Å². The zero-order valence-electron chi connectivity index (χ0n) is 15.2. The molecule has 1 aromatic heterocycles. The number of carbonyl (C=O) groups excluding carboxylic acids is 1. The van der Waals surface area contributed by atoms with E-state index in [1.165, 1.54) is 17.0 Å². The van der Waals surface area contributed by atoms with Crippen LogP contribution in [0, 0.1) is 18.6 Å². The molecule has 0 spiro atoms. The van der Waals surface area contributed by atoms with Crippen LogP contribution in [0.15, 0.2) is 36.4 Å². The maximum atomic E-state index is 13.9. The van der Waals surface area contributed by atoms with E-state index in [1.807, 2.05) is 25.1 Å². The van der Waals surface area contributed by atoms with Crippen LogP contribution in [0.5, 0.6) is 0 Å². The van der Waals surface area contributed by atoms with E-state index in [0.29, 0.717) is 25.9 Å². The lowest BCUT2D eigenvalue weighted by molar-refractivity contribution is -0.157. The van der Waals surface area contributed by atoms with E-state index in [2.05, 4.69) is 10.3 Å². The molecule has 5 nitrogen and oxygen atoms in total. The van der Waals surface area contributed by atoms with Crippen LogP contribution in [0.1, 0.15) is 29.8 Å². The van der Waals surface area contributed by atoms with Crippen LogP contribution in [0.25, 0.3) is 0 Å². The van der Waals surface area contributed by atoms with Crippen molar-refractivity contribution in [3.63, 3.8) is 0 Å². The van der Waals surface area contributed by atoms with Crippen molar-refractivity contribution in [1.82, 2.24) is 15.2 Å². The van der Waals surface area contributed by atoms with Crippen molar-refractivity contribution in [1.29, 1.82) is 0 Å². The monoisotopic (exact) mass is 375 g/mol. The number of pyridine rings is 1. The number of piperidine rings is 1. The molecule has 1 aromatic carbocycles. The maximum absolute atomic E-state index is 13.9. The van der Waals surface area contributed by atoms with Crippen molar-refractivity contribution in [2.75, 3.05) is 13.1 Å². The Kier molecular flexibility index (Phi) is 5.82. The largest absolute Gasteiger partial charge is 0.379 e. The molecule has 0 unspecified atom stereocenters. The van der Waals surface area contributed by atoms with Gasteiger partial charge in [-0.2, -0.15) is 0 Å². The van der Waals surface area contributed by atoms with Gasteiger partial charge in [-0.3, -0.25) is 9.78 Å². The van der Waals surface area contributed by atoms with E-state index >= 15 is 0 Å². The Morgan fingerprint density at radius 1 is 1.26 bits per heavy atom. The molecular weight excluding hydrogens is 352 g/mol. The zero-order valence-corrected chi connectivity index (χ0v) is 15.2. The van der Waals surface area contributed by atoms with Crippen LogP contribution in [-0.2, 0) is 17.9 Å². The summed E-state index contributed by atoms with van der Waals surface area (Å²) < 4.78 is 27.3. The first-order valence-electron chi connectivity index (χ1n) is 8.97. The van der Waals surface area contributed by atoms with Crippen molar-refractivity contribution in [2.24, 2.45) is 0 Å². The summed E-state index contributed by atoms with van der Waals surface area (Å²) in [5, 5.41) is 13.9. The van der Waals surface area contributed by atoms with E-state index in [-0.39, 0.29) is 18.7 Å². The van der Waals surface area contributed by atoms with Crippen LogP contribution < -0.4 is 5.32 Å². The second-order valence-corrected chi connectivity index (χ2v) is 6.95. The molecule has 0 aliphatic carbocycles. The lowest BCUT2D eigenvalue weighted by Gasteiger charge is -2.38. The molecule has 7 heteroatoms. The average Bonchev–Trinajstić information content (AvgIpc) is 2.63. The molecule has 2 N–H and O–H groups in total. The van der Waals surface area contributed by atoms with Crippen LogP contribution in [-0.4, -0.2) is 39.6 Å². The highest BCUT2D eigenvalue weighted by atomic mass is 19.2. The van der Waals surface area contributed by atoms with Gasteiger partial charge in [0, 0.05) is 37.4 Å². The fraction of sp³-hybridized carbons (Fsp3) is 0.400. The van der Waals surface area contributed by atoms with Crippen molar-refractivity contribution in [3.8, 4) is 0 Å². The summed E-state index contributed by atoms with van der Waals surface area (Å²) >= 11 is 0. The molecule has 1 aliphatic rings. The molecule has 0 saturated carbocycles. The fourth-order valence-corrected chi connectivity index (χ4v) is 3.35. The van der Waals surface area contributed by atoms with E-state index in [9.17, 15) is 18.7 Å². The van der Waals surface area contributed by atoms with Crippen molar-refractivity contribution in [2.45, 2.75) is 38.5 Å². The van der Waals surface area contributed by atoms with Crippen molar-refractivity contribution < 1.29 is 18.7 Å². The van der Waals surface area contributed by atoms with E-state index in [1.54, 1.807) is 0 Å². The Hall–Kier alpha value is -2.38. The molecule has 3 rings (SSSR count). The second kappa shape index (κ2) is 8.10. The standard InChI is InChI=1S/C20H23F2N3O2/c1-14-5-2-7-16(24-14)11-23-13-20(27)9-4-10-25(19(20)26)12-15-6-3-8-17(21)18(15)22/h2-3,5-8,23,27H,4,9-13H2,1H3/t20-/m1/s1. The van der Waals surface area contributed by atoms with Gasteiger partial charge in [0.1, 0.15) is 0 Å². The molecule has 1 fully saturated rings. The van der Waals surface area contributed by atoms with Gasteiger partial charge in [0.25, 0.3) is 5.91 Å². The molecule has 144 valence electrons. The number of nitrogens with one attached hydrogen (secondary N) is 1. The first-order valence-corrected chi connectivity index (χ1v) is 8.97. The third-order valence-electron chi connectivity index (χ3n) is 4.77. The molecule has 2 aromatic rings. The predicted molar refractivity (Wildman–Crippen MR) is 96.6 cm³/mol. The minimum Gasteiger partial charge on any atom is -0.379 e. The van der Waals surface area contributed by atoms with Gasteiger partial charge in [-0.1, -0.05) is 18.2 Å². The molecular formula is C20H23F2N3O2. The highest BCUT2D eigenvalue weighted by molar-refractivity contribution is 5.86. The van der Waals surface area contributed by atoms with E-state index in [4.69, 9.17) is 0 Å². The number of nitrogens with zero attached hydrogens (tertiary/aromatic N) is 2. The molecule has 0 bridgehead atoms. The molecule has 1 atom stereocenters. The topological polar surface area (TPSA) is 65.5 Å². The number of benzene rings is 1. The normalized spacial score (nSPS) is 20.1. The SMILES string of the molecule is Cc1cccc(CNC[C@]2(O)CCCN(Cc3cccc(F)c3F)C2=O)n1. The first-order chi connectivity index (χ1) is 12.9. The summed E-state index contributed by atoms with van der Waals surface area (Å²) in [4.78, 5) is 18.5. The van der Waals surface area contributed by atoms with Gasteiger partial charge in [0.05, 0.1) is 5.69 Å². The Bertz CT molecular complexity index is 831. The number of hydrogen-bond acceptors (Lipinski definition) is 4. The van der Waals surface area contributed by atoms with Gasteiger partial charge < -0.3 is 15.3 Å². The number of rotatable bonds is 6. The number of halogens is 2. The Morgan fingerprint density at radius 3 is 2.81 bits per heavy atom. The van der Waals surface area contributed by atoms with Gasteiger partial charge in [-0.25, -0.2) is 8.78 Å². The number of aliphatic hydroxyl groups is 1. The van der Waals surface area contributed by atoms with Crippen LogP contribution in [0.4, 0.5) is 8.78 Å². The molecule has 0 radical (unpaired) electrons. The third kappa shape index (κ3) is 4.48. The Balaban J connectivity index is 1.63. The molecule has 1 amide bonds. The smallest absolute Gasteiger partial charge is 0.256 e. The van der Waals surface area contributed by atoms with Crippen molar-refractivity contribution in [3.05, 3.63) is 65.0 Å². The highest BCUT2D eigenvalue weighted by Crippen LogP contribution is 2.25. The molecule has 1 aliphatic heterocycles. The average molecular weight is 375 g/mol. The number of carbonyl (C=O) groups is 1. The molecule has 27 heavy (non-hydrogen) atoms. The number of aryl methyl sites for hydroxylation is 1. The minimum absolute atomic E-state index is 0.0653. The third-order valence-corrected chi connectivity index (χ3v) is 4.77. The lowest BCUT2D eigenvalue weighted by Crippen LogP contribution is -2.57. The van der Waals surface area contributed by atoms with Gasteiger partial charge in [-0.05, 0) is 38.0 Å². The number of amides is 1. The lowest BCUT2D eigenvalue weighted by atomic mass is 9.91. The van der Waals surface area contributed by atoms with Gasteiger partial charge in [0.2, 0.25) is 0 Å². The highest BCUT2D eigenvalue weighted by Gasteiger charge is 2.42. The van der Waals surface area contributed by atoms with E-state index < -0.39 is 23.1 Å². The summed E-state index contributed by atoms with van der Waals surface area (Å²) in [6, 6.07) is 9.55. The van der Waals surface area contributed by atoms with Crippen LogP contribution in [0.3, 0.4) is 0 Å². The first kappa shape index (κ1) is 19.4. The van der Waals surface area contributed by atoms with Gasteiger partial charge in [-0.15, -0.1) is 0 Å². The maximum Gasteiger partial charge on any atom is 0.256 e. The van der Waals surface area contributed by atoms with Crippen LogP contribution >= 0.6 is 0 Å². The quantitative estimate of drug-likeness (QED) is 0.813. The summed E-state index contributed by atoms with van der Waals surface area (Å²) in [6.07, 6.45) is 0.908. The second-order valence-electron chi connectivity index (χ2n) is 6.95. The fourth-order valence-electron chi connectivity index (χ4n) is 3.35. The number of likely N-dealkylation sites (tertiary alicyclic amines) is 1. The zero-order chi connectivity index (χ0) is 19.4. The molecule has 2 heterocycles. The number of aromatic nitrogens is 1. The van der Waals surface area contributed by atoms with E-state index in [0.717, 1.165) is 17.5 Å². The summed E-state index contributed by atoms with van der Waals surface area (Å²) in [5.41, 5.74) is 0.251. The van der Waals surface area contributed by atoms with Gasteiger partial charge >= 0.3 is 0 Å².